The van der Waals surface area contributed by atoms with E-state index < -0.39 is 12.0 Å². The minimum Gasteiger partial charge on any atom is -0.469 e. The monoisotopic (exact) mass is 446 g/mol. The van der Waals surface area contributed by atoms with Crippen LogP contribution >= 0.6 is 22.7 Å². The third kappa shape index (κ3) is 4.30. The van der Waals surface area contributed by atoms with Crippen molar-refractivity contribution in [3.8, 4) is 0 Å². The third-order valence-electron chi connectivity index (χ3n) is 5.21. The molecule has 1 N–H and O–H groups in total. The van der Waals surface area contributed by atoms with Crippen molar-refractivity contribution in [3.05, 3.63) is 44.8 Å². The van der Waals surface area contributed by atoms with Gasteiger partial charge in [0.25, 0.3) is 5.91 Å². The summed E-state index contributed by atoms with van der Waals surface area (Å²) in [5.41, 5.74) is 0.888. The van der Waals surface area contributed by atoms with Crippen LogP contribution in [0.5, 0.6) is 0 Å². The zero-order chi connectivity index (χ0) is 21.1. The van der Waals surface area contributed by atoms with Crippen LogP contribution in [-0.4, -0.2) is 66.2 Å². The first-order valence-electron chi connectivity index (χ1n) is 9.62. The van der Waals surface area contributed by atoms with Crippen molar-refractivity contribution in [2.24, 2.45) is 5.10 Å². The predicted octanol–water partition coefficient (Wildman–Crippen LogP) is 1.85. The number of carbonyl (C=O) groups is 3. The van der Waals surface area contributed by atoms with E-state index in [1.54, 1.807) is 32.6 Å². The molecule has 4 rings (SSSR count). The molecule has 2 aliphatic rings. The molecule has 0 radical (unpaired) electrons. The van der Waals surface area contributed by atoms with Crippen LogP contribution in [0.1, 0.15) is 28.6 Å². The van der Waals surface area contributed by atoms with Crippen LogP contribution in [0, 0.1) is 0 Å². The van der Waals surface area contributed by atoms with E-state index in [1.807, 2.05) is 35.0 Å². The lowest BCUT2D eigenvalue weighted by Gasteiger charge is -2.34. The molecule has 30 heavy (non-hydrogen) atoms. The Balaban J connectivity index is 1.54. The Morgan fingerprint density at radius 1 is 1.27 bits per heavy atom. The standard InChI is InChI=1S/C20H22N4O4S2/c1-28-19(26)11-15-20(27)21-6-7-23(15)12-18(25)24-14(17-5-3-9-30-17)10-13(22-24)16-4-2-8-29-16/h2-5,8-9,14-15H,6-7,10-12H2,1H3,(H,21,27). The average Bonchev–Trinajstić information content (AvgIpc) is 3.50. The molecular weight excluding hydrogens is 424 g/mol. The molecule has 1 fully saturated rings. The molecule has 2 atom stereocenters. The molecule has 1 saturated heterocycles. The first kappa shape index (κ1) is 20.7. The summed E-state index contributed by atoms with van der Waals surface area (Å²) in [6.07, 6.45) is 0.562. The molecular formula is C20H22N4O4S2. The SMILES string of the molecule is COC(=O)CC1C(=O)NCCN1CC(=O)N1N=C(c2cccs2)CC1c1cccs1. The van der Waals surface area contributed by atoms with Gasteiger partial charge in [-0.05, 0) is 22.9 Å². The molecule has 2 aromatic rings. The lowest BCUT2D eigenvalue weighted by atomic mass is 10.1. The Labute approximate surface area is 182 Å². The topological polar surface area (TPSA) is 91.3 Å². The first-order valence-corrected chi connectivity index (χ1v) is 11.4. The van der Waals surface area contributed by atoms with Gasteiger partial charge in [0.15, 0.2) is 0 Å². The molecule has 4 heterocycles. The average molecular weight is 447 g/mol. The maximum atomic E-state index is 13.3. The highest BCUT2D eigenvalue weighted by Crippen LogP contribution is 2.36. The van der Waals surface area contributed by atoms with E-state index in [0.29, 0.717) is 19.5 Å². The molecule has 2 aliphatic heterocycles. The Bertz CT molecular complexity index is 942. The fraction of sp³-hybridized carbons (Fsp3) is 0.400. The number of piperazine rings is 1. The zero-order valence-electron chi connectivity index (χ0n) is 16.4. The van der Waals surface area contributed by atoms with Crippen LogP contribution in [0.4, 0.5) is 0 Å². The highest BCUT2D eigenvalue weighted by molar-refractivity contribution is 7.12. The van der Waals surface area contributed by atoms with Crippen molar-refractivity contribution in [2.75, 3.05) is 26.7 Å². The van der Waals surface area contributed by atoms with Crippen molar-refractivity contribution in [2.45, 2.75) is 24.9 Å². The fourth-order valence-electron chi connectivity index (χ4n) is 3.69. The molecule has 10 heteroatoms. The number of nitrogens with one attached hydrogen (secondary N) is 1. The van der Waals surface area contributed by atoms with Crippen LogP contribution in [0.15, 0.2) is 40.1 Å². The molecule has 2 amide bonds. The summed E-state index contributed by atoms with van der Waals surface area (Å²) >= 11 is 3.20. The third-order valence-corrected chi connectivity index (χ3v) is 7.10. The number of hydrazone groups is 1. The van der Waals surface area contributed by atoms with E-state index in [4.69, 9.17) is 4.74 Å². The van der Waals surface area contributed by atoms with Gasteiger partial charge in [0.2, 0.25) is 5.91 Å². The number of nitrogens with zero attached hydrogens (tertiary/aromatic N) is 3. The second-order valence-corrected chi connectivity index (χ2v) is 8.98. The van der Waals surface area contributed by atoms with Crippen molar-refractivity contribution in [3.63, 3.8) is 0 Å². The largest absolute Gasteiger partial charge is 0.469 e. The van der Waals surface area contributed by atoms with Crippen LogP contribution in [0.2, 0.25) is 0 Å². The number of carbonyl (C=O) groups excluding carboxylic acids is 3. The van der Waals surface area contributed by atoms with E-state index >= 15 is 0 Å². The molecule has 8 nitrogen and oxygen atoms in total. The summed E-state index contributed by atoms with van der Waals surface area (Å²) in [5.74, 6) is -0.937. The number of amides is 2. The van der Waals surface area contributed by atoms with Gasteiger partial charge in [-0.2, -0.15) is 5.10 Å². The van der Waals surface area contributed by atoms with Crippen LogP contribution in [0.3, 0.4) is 0 Å². The van der Waals surface area contributed by atoms with E-state index in [-0.39, 0.29) is 30.8 Å². The maximum Gasteiger partial charge on any atom is 0.307 e. The minimum atomic E-state index is -0.723. The fourth-order valence-corrected chi connectivity index (χ4v) is 5.23. The van der Waals surface area contributed by atoms with E-state index in [9.17, 15) is 14.4 Å². The summed E-state index contributed by atoms with van der Waals surface area (Å²) in [5, 5.41) is 12.9. The van der Waals surface area contributed by atoms with Crippen LogP contribution < -0.4 is 5.32 Å². The number of esters is 1. The van der Waals surface area contributed by atoms with E-state index in [2.05, 4.69) is 10.4 Å². The van der Waals surface area contributed by atoms with Gasteiger partial charge >= 0.3 is 5.97 Å². The second kappa shape index (κ2) is 9.07. The normalized spacial score (nSPS) is 22.0. The highest BCUT2D eigenvalue weighted by Gasteiger charge is 2.38. The molecule has 2 aromatic heterocycles. The van der Waals surface area contributed by atoms with Crippen molar-refractivity contribution in [1.82, 2.24) is 15.2 Å². The highest BCUT2D eigenvalue weighted by atomic mass is 32.1. The number of methoxy groups -OCH3 is 1. The van der Waals surface area contributed by atoms with Gasteiger partial charge in [-0.25, -0.2) is 5.01 Å². The second-order valence-electron chi connectivity index (χ2n) is 7.06. The molecule has 2 unspecified atom stereocenters. The van der Waals surface area contributed by atoms with Crippen molar-refractivity contribution >= 4 is 46.2 Å². The molecule has 0 spiro atoms. The summed E-state index contributed by atoms with van der Waals surface area (Å²) < 4.78 is 4.72. The Kier molecular flexibility index (Phi) is 6.26. The molecule has 0 aliphatic carbocycles. The van der Waals surface area contributed by atoms with Crippen molar-refractivity contribution < 1.29 is 19.1 Å². The van der Waals surface area contributed by atoms with Crippen LogP contribution in [0.25, 0.3) is 0 Å². The maximum absolute atomic E-state index is 13.3. The zero-order valence-corrected chi connectivity index (χ0v) is 18.1. The Hall–Kier alpha value is -2.56. The Morgan fingerprint density at radius 3 is 2.77 bits per heavy atom. The lowest BCUT2D eigenvalue weighted by Crippen LogP contribution is -2.58. The molecule has 0 bridgehead atoms. The summed E-state index contributed by atoms with van der Waals surface area (Å²) in [4.78, 5) is 41.2. The minimum absolute atomic E-state index is 0.0121. The first-order chi connectivity index (χ1) is 14.6. The van der Waals surface area contributed by atoms with Gasteiger partial charge in [-0.3, -0.25) is 19.3 Å². The number of hydrogen-bond donors (Lipinski definition) is 1. The van der Waals surface area contributed by atoms with Gasteiger partial charge in [-0.1, -0.05) is 12.1 Å². The van der Waals surface area contributed by atoms with Crippen molar-refractivity contribution in [1.29, 1.82) is 0 Å². The van der Waals surface area contributed by atoms with Gasteiger partial charge in [-0.15, -0.1) is 22.7 Å². The van der Waals surface area contributed by atoms with Gasteiger partial charge in [0.1, 0.15) is 6.04 Å². The molecule has 0 aromatic carbocycles. The summed E-state index contributed by atoms with van der Waals surface area (Å²) in [6, 6.07) is 7.07. The number of hydrogen-bond acceptors (Lipinski definition) is 8. The van der Waals surface area contributed by atoms with E-state index in [0.717, 1.165) is 15.5 Å². The molecule has 0 saturated carbocycles. The molecule has 158 valence electrons. The van der Waals surface area contributed by atoms with E-state index in [1.165, 1.54) is 7.11 Å². The number of rotatable bonds is 6. The predicted molar refractivity (Wildman–Crippen MR) is 114 cm³/mol. The summed E-state index contributed by atoms with van der Waals surface area (Å²) in [7, 11) is 1.29. The quantitative estimate of drug-likeness (QED) is 0.684. The van der Waals surface area contributed by atoms with Gasteiger partial charge in [0.05, 0.1) is 36.7 Å². The van der Waals surface area contributed by atoms with Gasteiger partial charge < -0.3 is 10.1 Å². The lowest BCUT2D eigenvalue weighted by molar-refractivity contribution is -0.147. The Morgan fingerprint density at radius 2 is 2.07 bits per heavy atom. The smallest absolute Gasteiger partial charge is 0.307 e. The van der Waals surface area contributed by atoms with Crippen LogP contribution in [-0.2, 0) is 19.1 Å². The number of thiophene rings is 2. The number of ether oxygens (including phenoxy) is 1. The van der Waals surface area contributed by atoms with Gasteiger partial charge in [0, 0.05) is 24.4 Å². The summed E-state index contributed by atoms with van der Waals surface area (Å²) in [6.45, 7) is 0.929.